The molecule has 30 heavy (non-hydrogen) atoms. The summed E-state index contributed by atoms with van der Waals surface area (Å²) in [7, 11) is 0. The quantitative estimate of drug-likeness (QED) is 0.401. The third-order valence-electron chi connectivity index (χ3n) is 5.25. The maximum absolute atomic E-state index is 12.4. The maximum atomic E-state index is 12.4. The van der Waals surface area contributed by atoms with Crippen LogP contribution in [0.5, 0.6) is 0 Å². The Balaban J connectivity index is 1.81. The highest BCUT2D eigenvalue weighted by atomic mass is 16.5. The summed E-state index contributed by atoms with van der Waals surface area (Å²) in [6, 6.07) is 3.33. The van der Waals surface area contributed by atoms with Gasteiger partial charge in [-0.3, -0.25) is 9.69 Å². The van der Waals surface area contributed by atoms with Crippen LogP contribution in [-0.4, -0.2) is 60.5 Å². The number of ether oxygens (including phenoxy) is 1. The van der Waals surface area contributed by atoms with E-state index in [4.69, 9.17) is 23.8 Å². The van der Waals surface area contributed by atoms with Crippen LogP contribution in [0.1, 0.15) is 22.5 Å². The van der Waals surface area contributed by atoms with Gasteiger partial charge in [0.05, 0.1) is 19.6 Å². The number of hydrogen-bond acceptors (Lipinski definition) is 8. The van der Waals surface area contributed by atoms with Crippen LogP contribution in [0.3, 0.4) is 0 Å². The van der Waals surface area contributed by atoms with E-state index in [1.165, 1.54) is 6.07 Å². The van der Waals surface area contributed by atoms with E-state index < -0.39 is 5.63 Å². The van der Waals surface area contributed by atoms with Crippen molar-refractivity contribution in [3.63, 3.8) is 0 Å². The summed E-state index contributed by atoms with van der Waals surface area (Å²) in [5.74, 6) is 0.227. The smallest absolute Gasteiger partial charge is 0.336 e. The Morgan fingerprint density at radius 2 is 1.67 bits per heavy atom. The minimum atomic E-state index is -0.411. The number of esters is 1. The summed E-state index contributed by atoms with van der Waals surface area (Å²) in [6.45, 7) is 6.82. The van der Waals surface area contributed by atoms with Crippen molar-refractivity contribution in [3.8, 4) is 0 Å². The third-order valence-corrected chi connectivity index (χ3v) is 5.25. The number of carbonyl (C=O) groups is 1. The Bertz CT molecular complexity index is 1110. The van der Waals surface area contributed by atoms with E-state index in [9.17, 15) is 9.59 Å². The average molecular weight is 417 g/mol. The number of benzene rings is 1. The highest BCUT2D eigenvalue weighted by Crippen LogP contribution is 2.34. The predicted octanol–water partition coefficient (Wildman–Crippen LogP) is 1.84. The molecule has 0 spiro atoms. The molecule has 162 valence electrons. The fourth-order valence-electron chi connectivity index (χ4n) is 3.67. The van der Waals surface area contributed by atoms with Crippen LogP contribution < -0.4 is 5.63 Å². The topological polar surface area (TPSA) is 113 Å². The molecule has 0 radical (unpaired) electrons. The molecule has 0 aliphatic carbocycles. The molecule has 0 unspecified atom stereocenters. The van der Waals surface area contributed by atoms with E-state index in [0.29, 0.717) is 36.6 Å². The molecule has 0 bridgehead atoms. The Kier molecular flexibility index (Phi) is 6.91. The van der Waals surface area contributed by atoms with E-state index in [1.807, 2.05) is 24.8 Å². The van der Waals surface area contributed by atoms with Crippen molar-refractivity contribution in [3.05, 3.63) is 45.0 Å². The maximum Gasteiger partial charge on any atom is 0.336 e. The first-order chi connectivity index (χ1) is 14.3. The van der Waals surface area contributed by atoms with Crippen LogP contribution in [0.15, 0.2) is 25.8 Å². The molecule has 2 aromatic heterocycles. The Labute approximate surface area is 173 Å². The molecule has 8 heteroatoms. The normalized spacial score (nSPS) is 11.7. The van der Waals surface area contributed by atoms with Crippen molar-refractivity contribution in [2.45, 2.75) is 27.2 Å². The van der Waals surface area contributed by atoms with Crippen molar-refractivity contribution in [1.29, 1.82) is 0 Å². The minimum absolute atomic E-state index is 0.0268. The van der Waals surface area contributed by atoms with Gasteiger partial charge in [0.15, 0.2) is 0 Å². The lowest BCUT2D eigenvalue weighted by atomic mass is 10.0. The molecule has 0 atom stereocenters. The zero-order chi connectivity index (χ0) is 21.8. The lowest BCUT2D eigenvalue weighted by Gasteiger charge is -2.19. The second-order valence-corrected chi connectivity index (χ2v) is 7.33. The molecule has 0 saturated heterocycles. The highest BCUT2D eigenvalue weighted by molar-refractivity contribution is 6.00. The lowest BCUT2D eigenvalue weighted by molar-refractivity contribution is -0.143. The van der Waals surface area contributed by atoms with Crippen LogP contribution in [0.25, 0.3) is 21.9 Å². The summed E-state index contributed by atoms with van der Waals surface area (Å²) in [5.41, 5.74) is 2.93. The number of aliphatic hydroxyl groups is 2. The molecular formula is C22H27NO7. The standard InChI is InChI=1S/C22H27NO7/c1-13-10-20(27)30-21-14(2)22-18(11-16(13)21)17(15(3)29-22)12-19(26)28-9-6-23(4-7-24)5-8-25/h10-11,24-25H,4-9,12H2,1-3H3. The first-order valence-electron chi connectivity index (χ1n) is 9.91. The summed E-state index contributed by atoms with van der Waals surface area (Å²) >= 11 is 0. The molecule has 2 heterocycles. The van der Waals surface area contributed by atoms with Gasteiger partial charge in [0.1, 0.15) is 23.5 Å². The Morgan fingerprint density at radius 3 is 2.33 bits per heavy atom. The highest BCUT2D eigenvalue weighted by Gasteiger charge is 2.20. The molecule has 0 amide bonds. The van der Waals surface area contributed by atoms with Crippen molar-refractivity contribution < 1.29 is 28.6 Å². The van der Waals surface area contributed by atoms with E-state index in [0.717, 1.165) is 27.5 Å². The number of aliphatic hydroxyl groups excluding tert-OH is 2. The van der Waals surface area contributed by atoms with Gasteiger partial charge in [-0.25, -0.2) is 4.79 Å². The molecule has 0 aliphatic rings. The van der Waals surface area contributed by atoms with Crippen LogP contribution in [0.2, 0.25) is 0 Å². The first kappa shape index (κ1) is 22.0. The fourth-order valence-corrected chi connectivity index (χ4v) is 3.67. The van der Waals surface area contributed by atoms with Crippen molar-refractivity contribution in [2.75, 3.05) is 39.5 Å². The molecule has 8 nitrogen and oxygen atoms in total. The summed E-state index contributed by atoms with van der Waals surface area (Å²) in [6.07, 6.45) is 0.0552. The minimum Gasteiger partial charge on any atom is -0.464 e. The van der Waals surface area contributed by atoms with Gasteiger partial charge in [-0.2, -0.15) is 0 Å². The van der Waals surface area contributed by atoms with Gasteiger partial charge < -0.3 is 23.8 Å². The van der Waals surface area contributed by atoms with Gasteiger partial charge in [0, 0.05) is 47.6 Å². The summed E-state index contributed by atoms with van der Waals surface area (Å²) in [4.78, 5) is 26.0. The van der Waals surface area contributed by atoms with Gasteiger partial charge in [-0.05, 0) is 32.4 Å². The second kappa shape index (κ2) is 9.42. The zero-order valence-electron chi connectivity index (χ0n) is 17.5. The predicted molar refractivity (Wildman–Crippen MR) is 112 cm³/mol. The summed E-state index contributed by atoms with van der Waals surface area (Å²) in [5, 5.41) is 19.7. The van der Waals surface area contributed by atoms with E-state index in [1.54, 1.807) is 6.92 Å². The van der Waals surface area contributed by atoms with Crippen LogP contribution in [-0.2, 0) is 16.0 Å². The monoisotopic (exact) mass is 417 g/mol. The third kappa shape index (κ3) is 4.56. The largest absolute Gasteiger partial charge is 0.464 e. The van der Waals surface area contributed by atoms with Crippen LogP contribution in [0.4, 0.5) is 0 Å². The van der Waals surface area contributed by atoms with Gasteiger partial charge >= 0.3 is 11.6 Å². The molecule has 3 rings (SSSR count). The number of rotatable bonds is 9. The Hall–Kier alpha value is -2.68. The number of fused-ring (bicyclic) bond motifs is 2. The number of hydrogen-bond donors (Lipinski definition) is 2. The second-order valence-electron chi connectivity index (χ2n) is 7.33. The molecule has 0 fully saturated rings. The first-order valence-corrected chi connectivity index (χ1v) is 9.91. The molecule has 3 aromatic rings. The van der Waals surface area contributed by atoms with E-state index in [-0.39, 0.29) is 32.2 Å². The number of carbonyl (C=O) groups excluding carboxylic acids is 1. The Morgan fingerprint density at radius 1 is 1.00 bits per heavy atom. The summed E-state index contributed by atoms with van der Waals surface area (Å²) < 4.78 is 16.6. The van der Waals surface area contributed by atoms with Gasteiger partial charge in [0.25, 0.3) is 0 Å². The lowest BCUT2D eigenvalue weighted by Crippen LogP contribution is -2.33. The molecule has 1 aromatic carbocycles. The number of furan rings is 1. The average Bonchev–Trinajstić information content (AvgIpc) is 2.99. The van der Waals surface area contributed by atoms with Crippen LogP contribution >= 0.6 is 0 Å². The van der Waals surface area contributed by atoms with Crippen LogP contribution in [0, 0.1) is 20.8 Å². The SMILES string of the molecule is Cc1oc2c(C)c3oc(=O)cc(C)c3cc2c1CC(=O)OCCN(CCO)CCO. The van der Waals surface area contributed by atoms with Gasteiger partial charge in [-0.15, -0.1) is 0 Å². The van der Waals surface area contributed by atoms with Gasteiger partial charge in [-0.1, -0.05) is 0 Å². The van der Waals surface area contributed by atoms with Crippen molar-refractivity contribution >= 4 is 27.9 Å². The van der Waals surface area contributed by atoms with E-state index in [2.05, 4.69) is 0 Å². The number of aryl methyl sites for hydroxylation is 3. The molecule has 0 aliphatic heterocycles. The molecule has 2 N–H and O–H groups in total. The van der Waals surface area contributed by atoms with Crippen molar-refractivity contribution in [1.82, 2.24) is 4.90 Å². The zero-order valence-corrected chi connectivity index (χ0v) is 17.5. The molecule has 0 saturated carbocycles. The van der Waals surface area contributed by atoms with Gasteiger partial charge in [0.2, 0.25) is 0 Å². The fraction of sp³-hybridized carbons (Fsp3) is 0.455. The van der Waals surface area contributed by atoms with E-state index >= 15 is 0 Å². The number of nitrogens with zero attached hydrogens (tertiary/aromatic N) is 1. The van der Waals surface area contributed by atoms with Crippen molar-refractivity contribution in [2.24, 2.45) is 0 Å². The molecular weight excluding hydrogens is 390 g/mol.